The number of hydrogen-bond acceptors (Lipinski definition) is 7. The number of benzene rings is 1. The predicted molar refractivity (Wildman–Crippen MR) is 116 cm³/mol. The van der Waals surface area contributed by atoms with Crippen LogP contribution in [0.15, 0.2) is 36.8 Å². The molecule has 2 aliphatic rings. The highest BCUT2D eigenvalue weighted by Gasteiger charge is 2.37. The minimum atomic E-state index is -3.95. The van der Waals surface area contributed by atoms with E-state index < -0.39 is 28.3 Å². The summed E-state index contributed by atoms with van der Waals surface area (Å²) in [6.07, 6.45) is 4.17. The van der Waals surface area contributed by atoms with E-state index in [1.807, 2.05) is 12.1 Å². The van der Waals surface area contributed by atoms with Crippen molar-refractivity contribution in [1.82, 2.24) is 19.3 Å². The predicted octanol–water partition coefficient (Wildman–Crippen LogP) is 2.22. The molecule has 0 saturated heterocycles. The average Bonchev–Trinajstić information content (AvgIpc) is 3.45. The van der Waals surface area contributed by atoms with Crippen LogP contribution in [0.4, 0.5) is 10.2 Å². The zero-order valence-electron chi connectivity index (χ0n) is 17.4. The Morgan fingerprint density at radius 1 is 1.25 bits per heavy atom. The smallest absolute Gasteiger partial charge is 0.335 e. The molecule has 32 heavy (non-hydrogen) atoms. The minimum Gasteiger partial charge on any atom is -0.391 e. The zero-order valence-corrected chi connectivity index (χ0v) is 18.2. The van der Waals surface area contributed by atoms with Gasteiger partial charge < -0.3 is 15.0 Å². The summed E-state index contributed by atoms with van der Waals surface area (Å²) < 4.78 is 46.9. The van der Waals surface area contributed by atoms with Crippen LogP contribution in [-0.4, -0.2) is 47.3 Å². The maximum atomic E-state index is 15.1. The van der Waals surface area contributed by atoms with Gasteiger partial charge in [0.05, 0.1) is 30.7 Å². The number of nitrogens with one attached hydrogen (secondary N) is 2. The second-order valence-corrected chi connectivity index (χ2v) is 9.75. The second kappa shape index (κ2) is 8.07. The van der Waals surface area contributed by atoms with Crippen molar-refractivity contribution < 1.29 is 22.1 Å². The number of hydrogen-bond donors (Lipinski definition) is 3. The van der Waals surface area contributed by atoms with E-state index in [0.717, 1.165) is 20.0 Å². The van der Waals surface area contributed by atoms with E-state index in [1.165, 1.54) is 23.7 Å². The fourth-order valence-corrected chi connectivity index (χ4v) is 5.60. The van der Waals surface area contributed by atoms with Gasteiger partial charge in [-0.2, -0.15) is 13.1 Å². The Morgan fingerprint density at radius 3 is 2.88 bits per heavy atom. The van der Waals surface area contributed by atoms with Gasteiger partial charge in [0, 0.05) is 12.2 Å². The minimum absolute atomic E-state index is 0.0354. The van der Waals surface area contributed by atoms with Crippen LogP contribution in [0.3, 0.4) is 0 Å². The largest absolute Gasteiger partial charge is 0.391 e. The van der Waals surface area contributed by atoms with Crippen LogP contribution in [0.1, 0.15) is 42.5 Å². The quantitative estimate of drug-likeness (QED) is 0.515. The first-order valence-corrected chi connectivity index (χ1v) is 11.9. The van der Waals surface area contributed by atoms with Gasteiger partial charge in [-0.15, -0.1) is 0 Å². The molecule has 0 unspecified atom stereocenters. The number of halogens is 1. The lowest BCUT2D eigenvalue weighted by atomic mass is 10.1. The summed E-state index contributed by atoms with van der Waals surface area (Å²) in [5.74, 6) is -0.0482. The van der Waals surface area contributed by atoms with Crippen LogP contribution in [0.25, 0.3) is 11.0 Å². The number of aryl methyl sites for hydroxylation is 1. The first-order valence-electron chi connectivity index (χ1n) is 10.5. The Morgan fingerprint density at radius 2 is 2.06 bits per heavy atom. The highest BCUT2D eigenvalue weighted by Crippen LogP contribution is 2.38. The third kappa shape index (κ3) is 3.75. The van der Waals surface area contributed by atoms with Crippen LogP contribution in [0.5, 0.6) is 0 Å². The van der Waals surface area contributed by atoms with Crippen molar-refractivity contribution in [2.45, 2.75) is 49.9 Å². The average molecular weight is 462 g/mol. The van der Waals surface area contributed by atoms with E-state index in [1.54, 1.807) is 4.57 Å². The first-order chi connectivity index (χ1) is 15.4. The summed E-state index contributed by atoms with van der Waals surface area (Å²) in [5, 5.41) is 14.0. The summed E-state index contributed by atoms with van der Waals surface area (Å²) in [6.45, 7) is 0. The van der Waals surface area contributed by atoms with Gasteiger partial charge in [0.2, 0.25) is 0 Å². The van der Waals surface area contributed by atoms with E-state index in [2.05, 4.69) is 36.3 Å². The van der Waals surface area contributed by atoms with Crippen molar-refractivity contribution in [2.24, 2.45) is 0 Å². The Bertz CT molecular complexity index is 1260. The Labute approximate surface area is 184 Å². The number of fused-ring (bicyclic) bond motifs is 2. The van der Waals surface area contributed by atoms with Crippen molar-refractivity contribution in [3.05, 3.63) is 53.7 Å². The number of aromatic nitrogens is 3. The molecule has 1 aromatic carbocycles. The van der Waals surface area contributed by atoms with Gasteiger partial charge >= 0.3 is 10.3 Å². The number of anilines is 1. The zero-order chi connectivity index (χ0) is 22.5. The molecular weight excluding hydrogens is 437 g/mol. The normalized spacial score (nSPS) is 25.3. The fraction of sp³-hybridized carbons (Fsp3) is 0.429. The van der Waals surface area contributed by atoms with Crippen LogP contribution < -0.4 is 10.0 Å². The molecule has 2 aliphatic carbocycles. The summed E-state index contributed by atoms with van der Waals surface area (Å²) in [6, 6.07) is 7.14. The SMILES string of the molecule is COS(=O)(=O)N[C@H]1C[C@@H](n2cc(F)c3c(N[C@H]4CCc5ccccc54)ncnc32)C[C@@H]1O. The van der Waals surface area contributed by atoms with E-state index in [0.29, 0.717) is 11.5 Å². The number of aliphatic hydroxyl groups excluding tert-OH is 1. The molecule has 0 amide bonds. The Balaban J connectivity index is 1.44. The van der Waals surface area contributed by atoms with Crippen molar-refractivity contribution in [1.29, 1.82) is 0 Å². The van der Waals surface area contributed by atoms with Crippen molar-refractivity contribution in [3.8, 4) is 0 Å². The molecule has 2 heterocycles. The van der Waals surface area contributed by atoms with Gasteiger partial charge in [-0.1, -0.05) is 24.3 Å². The third-order valence-electron chi connectivity index (χ3n) is 6.42. The molecule has 11 heteroatoms. The maximum absolute atomic E-state index is 15.1. The molecule has 4 atom stereocenters. The second-order valence-electron chi connectivity index (χ2n) is 8.28. The van der Waals surface area contributed by atoms with Gasteiger partial charge in [0.15, 0.2) is 5.82 Å². The monoisotopic (exact) mass is 461 g/mol. The van der Waals surface area contributed by atoms with Crippen molar-refractivity contribution >= 4 is 27.2 Å². The van der Waals surface area contributed by atoms with Gasteiger partial charge in [-0.25, -0.2) is 14.4 Å². The van der Waals surface area contributed by atoms with Crippen LogP contribution in [0.2, 0.25) is 0 Å². The number of aliphatic hydroxyl groups is 1. The molecule has 0 radical (unpaired) electrons. The van der Waals surface area contributed by atoms with Crippen molar-refractivity contribution in [3.63, 3.8) is 0 Å². The molecule has 5 rings (SSSR count). The van der Waals surface area contributed by atoms with Crippen molar-refractivity contribution in [2.75, 3.05) is 12.4 Å². The maximum Gasteiger partial charge on any atom is 0.335 e. The van der Waals surface area contributed by atoms with Gasteiger partial charge in [0.1, 0.15) is 17.8 Å². The Hall–Kier alpha value is -2.60. The topological polar surface area (TPSA) is 118 Å². The number of nitrogens with zero attached hydrogens (tertiary/aromatic N) is 3. The van der Waals surface area contributed by atoms with Crippen LogP contribution >= 0.6 is 0 Å². The summed E-state index contributed by atoms with van der Waals surface area (Å²) in [7, 11) is -2.91. The highest BCUT2D eigenvalue weighted by atomic mass is 32.2. The molecule has 0 spiro atoms. The molecule has 170 valence electrons. The molecule has 3 N–H and O–H groups in total. The van der Waals surface area contributed by atoms with Crippen LogP contribution in [-0.2, 0) is 20.9 Å². The Kier molecular flexibility index (Phi) is 5.36. The molecule has 0 aliphatic heterocycles. The fourth-order valence-electron chi connectivity index (χ4n) is 4.88. The first kappa shape index (κ1) is 21.3. The lowest BCUT2D eigenvalue weighted by molar-refractivity contribution is 0.154. The lowest BCUT2D eigenvalue weighted by Crippen LogP contribution is -2.40. The highest BCUT2D eigenvalue weighted by molar-refractivity contribution is 7.84. The summed E-state index contributed by atoms with van der Waals surface area (Å²) in [5.41, 5.74) is 2.86. The molecular formula is C21H24FN5O4S. The third-order valence-corrected chi connectivity index (χ3v) is 7.45. The molecule has 0 bridgehead atoms. The number of rotatable bonds is 6. The van der Waals surface area contributed by atoms with E-state index >= 15 is 4.39 Å². The molecule has 3 aromatic rings. The van der Waals surface area contributed by atoms with Gasteiger partial charge in [0.25, 0.3) is 0 Å². The van der Waals surface area contributed by atoms with Gasteiger partial charge in [-0.05, 0) is 36.8 Å². The lowest BCUT2D eigenvalue weighted by Gasteiger charge is -2.16. The van der Waals surface area contributed by atoms with Gasteiger partial charge in [-0.3, -0.25) is 4.18 Å². The summed E-state index contributed by atoms with van der Waals surface area (Å²) in [4.78, 5) is 8.59. The van der Waals surface area contributed by atoms with Crippen LogP contribution in [0, 0.1) is 5.82 Å². The summed E-state index contributed by atoms with van der Waals surface area (Å²) >= 11 is 0. The molecule has 1 saturated carbocycles. The van der Waals surface area contributed by atoms with E-state index in [-0.39, 0.29) is 30.3 Å². The standard InChI is InChI=1S/C21H24FN5O4S/c1-31-32(29,30)26-17-8-13(9-18(17)28)27-10-15(22)19-20(23-11-24-21(19)27)25-16-7-6-12-4-2-3-5-14(12)16/h2-5,10-11,13,16-18,26,28H,6-9H2,1H3,(H,23,24,25)/t13-,16+,17+,18+/m1/s1. The van der Waals surface area contributed by atoms with E-state index in [9.17, 15) is 13.5 Å². The molecule has 1 fully saturated rings. The van der Waals surface area contributed by atoms with E-state index in [4.69, 9.17) is 0 Å². The molecule has 9 nitrogen and oxygen atoms in total. The molecule has 2 aromatic heterocycles.